The second-order valence-electron chi connectivity index (χ2n) is 3.77. The summed E-state index contributed by atoms with van der Waals surface area (Å²) in [5.41, 5.74) is -0.251. The Morgan fingerprint density at radius 2 is 2.31 bits per heavy atom. The van der Waals surface area contributed by atoms with Crippen molar-refractivity contribution in [2.75, 3.05) is 0 Å². The molecule has 1 saturated carbocycles. The normalized spacial score (nSPS) is 17.1. The Morgan fingerprint density at radius 1 is 1.62 bits per heavy atom. The van der Waals surface area contributed by atoms with Crippen LogP contribution in [0.2, 0.25) is 0 Å². The van der Waals surface area contributed by atoms with E-state index in [0.29, 0.717) is 24.3 Å². The third kappa shape index (κ3) is 1.95. The first-order valence-electron chi connectivity index (χ1n) is 4.83. The van der Waals surface area contributed by atoms with E-state index in [4.69, 9.17) is 5.11 Å². The van der Waals surface area contributed by atoms with Crippen LogP contribution in [-0.2, 0) is 20.9 Å². The lowest BCUT2D eigenvalue weighted by atomic mass is 10.3. The molecule has 1 aliphatic rings. The molecule has 16 heavy (non-hydrogen) atoms. The van der Waals surface area contributed by atoms with Gasteiger partial charge in [0.1, 0.15) is 0 Å². The molecule has 0 unspecified atom stereocenters. The van der Waals surface area contributed by atoms with E-state index in [1.165, 1.54) is 11.6 Å². The Balaban J connectivity index is 2.08. The minimum absolute atomic E-state index is 0.00826. The number of carboxylic acid groups (broad SMARTS) is 1. The van der Waals surface area contributed by atoms with Crippen molar-refractivity contribution in [3.8, 4) is 0 Å². The number of aliphatic carboxylic acids is 1. The molecule has 1 aromatic heterocycles. The van der Waals surface area contributed by atoms with Crippen LogP contribution in [0.1, 0.15) is 25.5 Å². The lowest BCUT2D eigenvalue weighted by molar-refractivity contribution is -0.142. The Hall–Kier alpha value is -1.37. The van der Waals surface area contributed by atoms with Crippen LogP contribution in [0.25, 0.3) is 0 Å². The molecule has 0 aromatic carbocycles. The van der Waals surface area contributed by atoms with E-state index in [2.05, 4.69) is 10.3 Å². The average molecular weight is 241 g/mol. The maximum absolute atomic E-state index is 11.0. The van der Waals surface area contributed by atoms with Gasteiger partial charge in [0.15, 0.2) is 10.7 Å². The van der Waals surface area contributed by atoms with Gasteiger partial charge in [0, 0.05) is 12.7 Å². The standard InChI is InChI=1S/C9H11N3O3S/c1-6(13)16-5-7-4-12(11-10-7)9(2-3-9)8(14)15/h4H,2-3,5H2,1H3,(H,14,15). The summed E-state index contributed by atoms with van der Waals surface area (Å²) < 4.78 is 1.39. The topological polar surface area (TPSA) is 85.1 Å². The molecule has 0 aliphatic heterocycles. The summed E-state index contributed by atoms with van der Waals surface area (Å²) in [4.78, 5) is 21.8. The molecule has 1 aliphatic carbocycles. The van der Waals surface area contributed by atoms with Gasteiger partial charge < -0.3 is 5.11 Å². The maximum Gasteiger partial charge on any atom is 0.331 e. The fraction of sp³-hybridized carbons (Fsp3) is 0.556. The highest BCUT2D eigenvalue weighted by molar-refractivity contribution is 8.12. The molecular weight excluding hydrogens is 230 g/mol. The Labute approximate surface area is 96.0 Å². The average Bonchev–Trinajstić information content (AvgIpc) is 2.90. The zero-order valence-corrected chi connectivity index (χ0v) is 9.53. The first kappa shape index (κ1) is 11.1. The molecule has 7 heteroatoms. The van der Waals surface area contributed by atoms with E-state index in [0.717, 1.165) is 11.8 Å². The quantitative estimate of drug-likeness (QED) is 0.832. The van der Waals surface area contributed by atoms with Crippen LogP contribution in [0.3, 0.4) is 0 Å². The van der Waals surface area contributed by atoms with Gasteiger partial charge in [-0.1, -0.05) is 17.0 Å². The van der Waals surface area contributed by atoms with Crippen molar-refractivity contribution in [1.82, 2.24) is 15.0 Å². The molecule has 0 atom stereocenters. The first-order valence-corrected chi connectivity index (χ1v) is 5.82. The lowest BCUT2D eigenvalue weighted by Gasteiger charge is -2.07. The Morgan fingerprint density at radius 3 is 2.81 bits per heavy atom. The van der Waals surface area contributed by atoms with Crippen LogP contribution in [0.15, 0.2) is 6.20 Å². The van der Waals surface area contributed by atoms with Crippen molar-refractivity contribution in [3.05, 3.63) is 11.9 Å². The number of thioether (sulfide) groups is 1. The van der Waals surface area contributed by atoms with Gasteiger partial charge in [-0.25, -0.2) is 9.48 Å². The lowest BCUT2D eigenvalue weighted by Crippen LogP contribution is -2.27. The molecule has 1 N–H and O–H groups in total. The second kappa shape index (κ2) is 3.89. The molecule has 0 amide bonds. The van der Waals surface area contributed by atoms with E-state index in [1.807, 2.05) is 0 Å². The molecule has 86 valence electrons. The number of nitrogens with zero attached hydrogens (tertiary/aromatic N) is 3. The van der Waals surface area contributed by atoms with Crippen LogP contribution < -0.4 is 0 Å². The van der Waals surface area contributed by atoms with Gasteiger partial charge in [0.25, 0.3) is 0 Å². The number of aromatic nitrogens is 3. The molecular formula is C9H11N3O3S. The predicted molar refractivity (Wildman–Crippen MR) is 56.8 cm³/mol. The van der Waals surface area contributed by atoms with Crippen LogP contribution in [-0.4, -0.2) is 31.2 Å². The predicted octanol–water partition coefficient (Wildman–Crippen LogP) is 0.631. The van der Waals surface area contributed by atoms with Crippen molar-refractivity contribution in [1.29, 1.82) is 0 Å². The number of rotatable bonds is 4. The number of hydrogen-bond donors (Lipinski definition) is 1. The SMILES string of the molecule is CC(=O)SCc1cn(C2(C(=O)O)CC2)nn1. The van der Waals surface area contributed by atoms with Crippen molar-refractivity contribution in [3.63, 3.8) is 0 Å². The fourth-order valence-electron chi connectivity index (χ4n) is 1.41. The molecule has 0 spiro atoms. The van der Waals surface area contributed by atoms with Gasteiger partial charge in [-0.15, -0.1) is 5.10 Å². The summed E-state index contributed by atoms with van der Waals surface area (Å²) in [6.45, 7) is 1.48. The minimum atomic E-state index is -0.883. The molecule has 0 radical (unpaired) electrons. The zero-order valence-electron chi connectivity index (χ0n) is 8.71. The van der Waals surface area contributed by atoms with Crippen molar-refractivity contribution in [2.24, 2.45) is 0 Å². The monoisotopic (exact) mass is 241 g/mol. The van der Waals surface area contributed by atoms with Crippen molar-refractivity contribution >= 4 is 22.8 Å². The highest BCUT2D eigenvalue weighted by Gasteiger charge is 2.53. The summed E-state index contributed by atoms with van der Waals surface area (Å²) in [7, 11) is 0. The summed E-state index contributed by atoms with van der Waals surface area (Å²) in [6.07, 6.45) is 2.78. The molecule has 0 saturated heterocycles. The Kier molecular flexibility index (Phi) is 2.71. The minimum Gasteiger partial charge on any atom is -0.479 e. The number of carbonyl (C=O) groups excluding carboxylic acids is 1. The Bertz CT molecular complexity index is 439. The number of carboxylic acids is 1. The van der Waals surface area contributed by atoms with E-state index >= 15 is 0 Å². The van der Waals surface area contributed by atoms with Gasteiger partial charge in [0.2, 0.25) is 0 Å². The fourth-order valence-corrected chi connectivity index (χ4v) is 1.89. The number of hydrogen-bond acceptors (Lipinski definition) is 5. The van der Waals surface area contributed by atoms with Crippen LogP contribution in [0, 0.1) is 0 Å². The van der Waals surface area contributed by atoms with Gasteiger partial charge in [0.05, 0.1) is 11.9 Å². The van der Waals surface area contributed by atoms with Gasteiger partial charge >= 0.3 is 5.97 Å². The largest absolute Gasteiger partial charge is 0.479 e. The molecule has 0 bridgehead atoms. The summed E-state index contributed by atoms with van der Waals surface area (Å²) in [6, 6.07) is 0. The maximum atomic E-state index is 11.0. The van der Waals surface area contributed by atoms with E-state index < -0.39 is 11.5 Å². The van der Waals surface area contributed by atoms with Crippen LogP contribution >= 0.6 is 11.8 Å². The smallest absolute Gasteiger partial charge is 0.331 e. The van der Waals surface area contributed by atoms with Crippen LogP contribution in [0.4, 0.5) is 0 Å². The third-order valence-electron chi connectivity index (χ3n) is 2.52. The van der Waals surface area contributed by atoms with E-state index in [-0.39, 0.29) is 5.12 Å². The first-order chi connectivity index (χ1) is 7.54. The molecule has 6 nitrogen and oxygen atoms in total. The van der Waals surface area contributed by atoms with Gasteiger partial charge in [-0.3, -0.25) is 4.79 Å². The van der Waals surface area contributed by atoms with E-state index in [9.17, 15) is 9.59 Å². The van der Waals surface area contributed by atoms with E-state index in [1.54, 1.807) is 6.20 Å². The second-order valence-corrected chi connectivity index (χ2v) is 4.92. The van der Waals surface area contributed by atoms with Crippen molar-refractivity contribution < 1.29 is 14.7 Å². The zero-order chi connectivity index (χ0) is 11.8. The van der Waals surface area contributed by atoms with Crippen molar-refractivity contribution in [2.45, 2.75) is 31.1 Å². The molecule has 1 heterocycles. The number of carbonyl (C=O) groups is 2. The van der Waals surface area contributed by atoms with Crippen LogP contribution in [0.5, 0.6) is 0 Å². The molecule has 2 rings (SSSR count). The molecule has 1 aromatic rings. The third-order valence-corrected chi connectivity index (χ3v) is 3.37. The summed E-state index contributed by atoms with van der Waals surface area (Å²) in [5.74, 6) is -0.437. The van der Waals surface area contributed by atoms with Gasteiger partial charge in [-0.05, 0) is 12.8 Å². The highest BCUT2D eigenvalue weighted by Crippen LogP contribution is 2.43. The van der Waals surface area contributed by atoms with Gasteiger partial charge in [-0.2, -0.15) is 0 Å². The summed E-state index contributed by atoms with van der Waals surface area (Å²) >= 11 is 1.13. The summed E-state index contributed by atoms with van der Waals surface area (Å²) in [5, 5.41) is 16.7. The highest BCUT2D eigenvalue weighted by atomic mass is 32.2. The molecule has 1 fully saturated rings.